The Bertz CT molecular complexity index is 479. The van der Waals surface area contributed by atoms with E-state index in [-0.39, 0.29) is 23.5 Å². The molecule has 0 bridgehead atoms. The molecule has 20 heavy (non-hydrogen) atoms. The first kappa shape index (κ1) is 15.0. The van der Waals surface area contributed by atoms with E-state index in [4.69, 9.17) is 4.74 Å². The van der Waals surface area contributed by atoms with Crippen molar-refractivity contribution in [3.05, 3.63) is 18.0 Å². The van der Waals surface area contributed by atoms with E-state index >= 15 is 0 Å². The third-order valence-electron chi connectivity index (χ3n) is 5.17. The summed E-state index contributed by atoms with van der Waals surface area (Å²) in [6.45, 7) is 4.37. The number of rotatable bonds is 5. The van der Waals surface area contributed by atoms with Crippen molar-refractivity contribution in [2.24, 2.45) is 12.5 Å². The van der Waals surface area contributed by atoms with E-state index < -0.39 is 0 Å². The maximum absolute atomic E-state index is 12.6. The zero-order chi connectivity index (χ0) is 14.9. The van der Waals surface area contributed by atoms with E-state index in [1.807, 2.05) is 11.9 Å². The Kier molecular flexibility index (Phi) is 4.18. The number of amides is 1. The molecular formula is C15H25N3O2. The highest BCUT2D eigenvalue weighted by molar-refractivity contribution is 5.92. The number of aromatic nitrogens is 2. The molecule has 1 aliphatic carbocycles. The SMILES string of the molecule is CCC1(CC)[C@H](OC)C[C@H]1N(C)C(=O)c1ccnn1C. The van der Waals surface area contributed by atoms with Crippen LogP contribution in [0, 0.1) is 5.41 Å². The van der Waals surface area contributed by atoms with E-state index in [1.54, 1.807) is 31.1 Å². The van der Waals surface area contributed by atoms with E-state index in [0.29, 0.717) is 5.69 Å². The predicted molar refractivity (Wildman–Crippen MR) is 77.5 cm³/mol. The van der Waals surface area contributed by atoms with Gasteiger partial charge in [0.15, 0.2) is 0 Å². The smallest absolute Gasteiger partial charge is 0.272 e. The van der Waals surface area contributed by atoms with E-state index in [0.717, 1.165) is 19.3 Å². The summed E-state index contributed by atoms with van der Waals surface area (Å²) in [6, 6.07) is 2.01. The Balaban J connectivity index is 2.20. The van der Waals surface area contributed by atoms with Gasteiger partial charge < -0.3 is 9.64 Å². The van der Waals surface area contributed by atoms with Crippen molar-refractivity contribution >= 4 is 5.91 Å². The van der Waals surface area contributed by atoms with Gasteiger partial charge in [-0.25, -0.2) is 0 Å². The molecule has 1 aromatic heterocycles. The van der Waals surface area contributed by atoms with Crippen molar-refractivity contribution in [2.45, 2.75) is 45.3 Å². The van der Waals surface area contributed by atoms with Crippen molar-refractivity contribution < 1.29 is 9.53 Å². The number of hydrogen-bond donors (Lipinski definition) is 0. The average molecular weight is 279 g/mol. The molecule has 5 heteroatoms. The second-order valence-corrected chi connectivity index (χ2v) is 5.67. The molecule has 0 spiro atoms. The predicted octanol–water partition coefficient (Wildman–Crippen LogP) is 2.09. The lowest BCUT2D eigenvalue weighted by atomic mass is 9.58. The summed E-state index contributed by atoms with van der Waals surface area (Å²) in [5, 5.41) is 4.08. The molecule has 2 atom stereocenters. The molecule has 1 amide bonds. The van der Waals surface area contributed by atoms with Gasteiger partial charge in [0, 0.05) is 38.9 Å². The van der Waals surface area contributed by atoms with Crippen LogP contribution in [0.5, 0.6) is 0 Å². The van der Waals surface area contributed by atoms with Gasteiger partial charge in [0.05, 0.1) is 6.10 Å². The minimum absolute atomic E-state index is 0.0378. The average Bonchev–Trinajstić information content (AvgIpc) is 2.85. The molecule has 0 radical (unpaired) electrons. The van der Waals surface area contributed by atoms with Crippen molar-refractivity contribution in [2.75, 3.05) is 14.2 Å². The summed E-state index contributed by atoms with van der Waals surface area (Å²) in [5.74, 6) is 0.0378. The lowest BCUT2D eigenvalue weighted by Crippen LogP contribution is -2.64. The fourth-order valence-electron chi connectivity index (χ4n) is 3.68. The Morgan fingerprint density at radius 1 is 1.55 bits per heavy atom. The van der Waals surface area contributed by atoms with Gasteiger partial charge in [0.2, 0.25) is 0 Å². The largest absolute Gasteiger partial charge is 0.381 e. The molecule has 1 aliphatic rings. The lowest BCUT2D eigenvalue weighted by molar-refractivity contribution is -0.147. The fourth-order valence-corrected chi connectivity index (χ4v) is 3.68. The van der Waals surface area contributed by atoms with Crippen LogP contribution in [-0.4, -0.2) is 46.9 Å². The number of methoxy groups -OCH3 is 1. The third kappa shape index (κ3) is 2.04. The number of hydrogen-bond acceptors (Lipinski definition) is 3. The van der Waals surface area contributed by atoms with Crippen LogP contribution in [0.2, 0.25) is 0 Å². The molecule has 0 aliphatic heterocycles. The highest BCUT2D eigenvalue weighted by Gasteiger charge is 2.55. The van der Waals surface area contributed by atoms with Crippen molar-refractivity contribution in [3.8, 4) is 0 Å². The van der Waals surface area contributed by atoms with Gasteiger partial charge in [-0.1, -0.05) is 13.8 Å². The van der Waals surface area contributed by atoms with Crippen LogP contribution in [0.25, 0.3) is 0 Å². The molecule has 1 fully saturated rings. The normalized spacial score (nSPS) is 24.2. The van der Waals surface area contributed by atoms with Gasteiger partial charge >= 0.3 is 0 Å². The number of carbonyl (C=O) groups is 1. The third-order valence-corrected chi connectivity index (χ3v) is 5.17. The molecule has 0 aromatic carbocycles. The lowest BCUT2D eigenvalue weighted by Gasteiger charge is -2.57. The van der Waals surface area contributed by atoms with Gasteiger partial charge in [-0.3, -0.25) is 9.48 Å². The van der Waals surface area contributed by atoms with Gasteiger partial charge in [-0.05, 0) is 25.3 Å². The number of ether oxygens (including phenoxy) is 1. The first-order valence-electron chi connectivity index (χ1n) is 7.29. The van der Waals surface area contributed by atoms with Crippen LogP contribution >= 0.6 is 0 Å². The monoisotopic (exact) mass is 279 g/mol. The Hall–Kier alpha value is -1.36. The van der Waals surface area contributed by atoms with E-state index in [1.165, 1.54) is 0 Å². The fraction of sp³-hybridized carbons (Fsp3) is 0.733. The summed E-state index contributed by atoms with van der Waals surface area (Å²) in [6.07, 6.45) is 4.88. The van der Waals surface area contributed by atoms with Gasteiger partial charge in [0.25, 0.3) is 5.91 Å². The van der Waals surface area contributed by atoms with Crippen LogP contribution < -0.4 is 0 Å². The van der Waals surface area contributed by atoms with Crippen LogP contribution in [0.1, 0.15) is 43.6 Å². The maximum atomic E-state index is 12.6. The van der Waals surface area contributed by atoms with Crippen LogP contribution in [-0.2, 0) is 11.8 Å². The second kappa shape index (κ2) is 5.56. The van der Waals surface area contributed by atoms with Crippen LogP contribution in [0.4, 0.5) is 0 Å². The van der Waals surface area contributed by atoms with Crippen molar-refractivity contribution in [3.63, 3.8) is 0 Å². The standard InChI is InChI=1S/C15H25N3O2/c1-6-15(7-2)12(10-13(15)20-5)17(3)14(19)11-8-9-16-18(11)4/h8-9,12-13H,6-7,10H2,1-5H3/t12-,13-/m1/s1. The summed E-state index contributed by atoms with van der Waals surface area (Å²) >= 11 is 0. The number of aryl methyl sites for hydroxylation is 1. The number of carbonyl (C=O) groups excluding carboxylic acids is 1. The molecule has 1 heterocycles. The Labute approximate surface area is 120 Å². The molecular weight excluding hydrogens is 254 g/mol. The van der Waals surface area contributed by atoms with E-state index in [2.05, 4.69) is 18.9 Å². The van der Waals surface area contributed by atoms with Crippen LogP contribution in [0.3, 0.4) is 0 Å². The minimum Gasteiger partial charge on any atom is -0.381 e. The minimum atomic E-state index is 0.0378. The zero-order valence-electron chi connectivity index (χ0n) is 13.1. The molecule has 112 valence electrons. The molecule has 5 nitrogen and oxygen atoms in total. The molecule has 0 saturated heterocycles. The topological polar surface area (TPSA) is 47.4 Å². The summed E-state index contributed by atoms with van der Waals surface area (Å²) in [7, 11) is 5.46. The zero-order valence-corrected chi connectivity index (χ0v) is 13.1. The molecule has 2 rings (SSSR count). The first-order valence-corrected chi connectivity index (χ1v) is 7.29. The van der Waals surface area contributed by atoms with Crippen molar-refractivity contribution in [1.29, 1.82) is 0 Å². The Morgan fingerprint density at radius 3 is 2.65 bits per heavy atom. The van der Waals surface area contributed by atoms with Gasteiger partial charge in [-0.15, -0.1) is 0 Å². The van der Waals surface area contributed by atoms with Crippen molar-refractivity contribution in [1.82, 2.24) is 14.7 Å². The quantitative estimate of drug-likeness (QED) is 0.829. The summed E-state index contributed by atoms with van der Waals surface area (Å²) in [5.41, 5.74) is 0.715. The maximum Gasteiger partial charge on any atom is 0.272 e. The summed E-state index contributed by atoms with van der Waals surface area (Å²) in [4.78, 5) is 14.5. The second-order valence-electron chi connectivity index (χ2n) is 5.67. The first-order chi connectivity index (χ1) is 9.51. The molecule has 1 aromatic rings. The number of nitrogens with zero attached hydrogens (tertiary/aromatic N) is 3. The van der Waals surface area contributed by atoms with Gasteiger partial charge in [-0.2, -0.15) is 5.10 Å². The summed E-state index contributed by atoms with van der Waals surface area (Å²) < 4.78 is 7.23. The van der Waals surface area contributed by atoms with Gasteiger partial charge in [0.1, 0.15) is 5.69 Å². The molecule has 0 unspecified atom stereocenters. The van der Waals surface area contributed by atoms with E-state index in [9.17, 15) is 4.79 Å². The Morgan fingerprint density at radius 2 is 2.20 bits per heavy atom. The highest BCUT2D eigenvalue weighted by atomic mass is 16.5. The molecule has 0 N–H and O–H groups in total. The highest BCUT2D eigenvalue weighted by Crippen LogP contribution is 2.51. The van der Waals surface area contributed by atoms with Crippen LogP contribution in [0.15, 0.2) is 12.3 Å². The molecule has 1 saturated carbocycles.